The summed E-state index contributed by atoms with van der Waals surface area (Å²) in [6.45, 7) is 6.61. The molecule has 0 saturated heterocycles. The largest absolute Gasteiger partial charge is 0.468 e. The van der Waals surface area contributed by atoms with Crippen molar-refractivity contribution < 1.29 is 12.8 Å². The lowest BCUT2D eigenvalue weighted by atomic mass is 10.3. The zero-order valence-corrected chi connectivity index (χ0v) is 13.2. The molecule has 1 aliphatic carbocycles. The van der Waals surface area contributed by atoms with Gasteiger partial charge in [0.2, 0.25) is 10.0 Å². The third-order valence-corrected chi connectivity index (χ3v) is 5.76. The summed E-state index contributed by atoms with van der Waals surface area (Å²) in [6.07, 6.45) is 3.48. The fourth-order valence-corrected chi connectivity index (χ4v) is 3.79. The first-order valence-corrected chi connectivity index (χ1v) is 8.68. The lowest BCUT2D eigenvalue weighted by Gasteiger charge is -2.25. The fraction of sp³-hybridized carbons (Fsp3) is 0.714. The SMILES string of the molecule is CC(C)NCC(C)S(=O)(=O)N(Cc1ccco1)C1CC1. The van der Waals surface area contributed by atoms with Gasteiger partial charge in [-0.25, -0.2) is 8.42 Å². The van der Waals surface area contributed by atoms with Gasteiger partial charge in [0.05, 0.1) is 18.1 Å². The molecule has 5 nitrogen and oxygen atoms in total. The van der Waals surface area contributed by atoms with Gasteiger partial charge in [0.1, 0.15) is 5.76 Å². The van der Waals surface area contributed by atoms with Crippen LogP contribution < -0.4 is 5.32 Å². The normalized spacial score (nSPS) is 17.9. The molecule has 0 aromatic carbocycles. The maximum atomic E-state index is 12.7. The Morgan fingerprint density at radius 2 is 2.10 bits per heavy atom. The predicted octanol–water partition coefficient (Wildman–Crippen LogP) is 1.96. The quantitative estimate of drug-likeness (QED) is 0.797. The highest BCUT2D eigenvalue weighted by molar-refractivity contribution is 7.89. The van der Waals surface area contributed by atoms with Gasteiger partial charge >= 0.3 is 0 Å². The highest BCUT2D eigenvalue weighted by Crippen LogP contribution is 2.32. The summed E-state index contributed by atoms with van der Waals surface area (Å²) in [5.41, 5.74) is 0. The van der Waals surface area contributed by atoms with Gasteiger partial charge in [-0.3, -0.25) is 0 Å². The number of nitrogens with zero attached hydrogens (tertiary/aromatic N) is 1. The first-order valence-electron chi connectivity index (χ1n) is 7.17. The van der Waals surface area contributed by atoms with Gasteiger partial charge in [-0.1, -0.05) is 13.8 Å². The second-order valence-electron chi connectivity index (χ2n) is 5.77. The molecule has 1 aromatic heterocycles. The molecule has 1 aliphatic rings. The van der Waals surface area contributed by atoms with E-state index in [9.17, 15) is 8.42 Å². The van der Waals surface area contributed by atoms with Crippen LogP contribution in [0.1, 0.15) is 39.4 Å². The maximum Gasteiger partial charge on any atom is 0.218 e. The monoisotopic (exact) mass is 300 g/mol. The zero-order valence-electron chi connectivity index (χ0n) is 12.4. The summed E-state index contributed by atoms with van der Waals surface area (Å²) in [4.78, 5) is 0. The number of rotatable bonds is 8. The molecule has 1 N–H and O–H groups in total. The van der Waals surface area contributed by atoms with Crippen molar-refractivity contribution in [2.75, 3.05) is 6.54 Å². The van der Waals surface area contributed by atoms with Crippen molar-refractivity contribution in [2.45, 2.75) is 57.5 Å². The van der Waals surface area contributed by atoms with Gasteiger partial charge in [-0.2, -0.15) is 4.31 Å². The molecule has 1 heterocycles. The summed E-state index contributed by atoms with van der Waals surface area (Å²) in [7, 11) is -3.30. The standard InChI is InChI=1S/C14H24N2O3S/c1-11(2)15-9-12(3)20(17,18)16(13-6-7-13)10-14-5-4-8-19-14/h4-5,8,11-13,15H,6-7,9-10H2,1-3H3. The molecule has 1 atom stereocenters. The summed E-state index contributed by atoms with van der Waals surface area (Å²) >= 11 is 0. The Morgan fingerprint density at radius 3 is 2.60 bits per heavy atom. The highest BCUT2D eigenvalue weighted by atomic mass is 32.2. The topological polar surface area (TPSA) is 62.6 Å². The molecule has 0 spiro atoms. The van der Waals surface area contributed by atoms with Gasteiger partial charge in [-0.05, 0) is 31.9 Å². The Hall–Kier alpha value is -0.850. The van der Waals surface area contributed by atoms with Crippen LogP contribution in [-0.4, -0.2) is 36.6 Å². The minimum absolute atomic E-state index is 0.145. The van der Waals surface area contributed by atoms with E-state index in [2.05, 4.69) is 5.32 Å². The first-order chi connectivity index (χ1) is 9.41. The van der Waals surface area contributed by atoms with Gasteiger partial charge in [0.25, 0.3) is 0 Å². The van der Waals surface area contributed by atoms with E-state index >= 15 is 0 Å². The van der Waals surface area contributed by atoms with Crippen LogP contribution in [0.15, 0.2) is 22.8 Å². The third-order valence-electron chi connectivity index (χ3n) is 3.49. The number of hydrogen-bond acceptors (Lipinski definition) is 4. The molecule has 20 heavy (non-hydrogen) atoms. The van der Waals surface area contributed by atoms with Crippen LogP contribution in [0.2, 0.25) is 0 Å². The predicted molar refractivity (Wildman–Crippen MR) is 78.8 cm³/mol. The third kappa shape index (κ3) is 3.84. The highest BCUT2D eigenvalue weighted by Gasteiger charge is 2.40. The molecular weight excluding hydrogens is 276 g/mol. The van der Waals surface area contributed by atoms with Crippen molar-refractivity contribution in [3.63, 3.8) is 0 Å². The Kier molecular flexibility index (Phi) is 4.88. The molecule has 1 aromatic rings. The Bertz CT molecular complexity index is 507. The number of hydrogen-bond donors (Lipinski definition) is 1. The number of sulfonamides is 1. The summed E-state index contributed by atoms with van der Waals surface area (Å²) in [5.74, 6) is 0.699. The zero-order chi connectivity index (χ0) is 14.8. The van der Waals surface area contributed by atoms with Crippen LogP contribution in [-0.2, 0) is 16.6 Å². The Labute approximate surface area is 121 Å². The van der Waals surface area contributed by atoms with Crippen molar-refractivity contribution in [1.29, 1.82) is 0 Å². The van der Waals surface area contributed by atoms with E-state index in [1.54, 1.807) is 23.6 Å². The molecule has 1 unspecified atom stereocenters. The van der Waals surface area contributed by atoms with Crippen molar-refractivity contribution in [3.05, 3.63) is 24.2 Å². The van der Waals surface area contributed by atoms with E-state index in [-0.39, 0.29) is 12.1 Å². The Morgan fingerprint density at radius 1 is 1.40 bits per heavy atom. The second kappa shape index (κ2) is 6.28. The number of nitrogens with one attached hydrogen (secondary N) is 1. The van der Waals surface area contributed by atoms with E-state index in [0.29, 0.717) is 18.8 Å². The lowest BCUT2D eigenvalue weighted by molar-refractivity contribution is 0.351. The van der Waals surface area contributed by atoms with Crippen LogP contribution in [0.3, 0.4) is 0 Å². The molecule has 2 rings (SSSR count). The minimum Gasteiger partial charge on any atom is -0.468 e. The smallest absolute Gasteiger partial charge is 0.218 e. The van der Waals surface area contributed by atoms with Crippen LogP contribution in [0.25, 0.3) is 0 Å². The summed E-state index contributed by atoms with van der Waals surface area (Å²) in [5, 5.41) is 2.77. The first kappa shape index (κ1) is 15.5. The van der Waals surface area contributed by atoms with Gasteiger partial charge in [0.15, 0.2) is 0 Å². The molecule has 0 aliphatic heterocycles. The maximum absolute atomic E-state index is 12.7. The van der Waals surface area contributed by atoms with Gasteiger partial charge < -0.3 is 9.73 Å². The molecular formula is C14H24N2O3S. The molecule has 1 fully saturated rings. The van der Waals surface area contributed by atoms with E-state index in [1.165, 1.54) is 0 Å². The van der Waals surface area contributed by atoms with Gasteiger partial charge in [0, 0.05) is 18.6 Å². The summed E-state index contributed by atoms with van der Waals surface area (Å²) < 4.78 is 32.3. The van der Waals surface area contributed by atoms with Crippen LogP contribution in [0.5, 0.6) is 0 Å². The molecule has 0 bridgehead atoms. The average Bonchev–Trinajstić information content (AvgIpc) is 3.09. The molecule has 0 radical (unpaired) electrons. The average molecular weight is 300 g/mol. The number of furan rings is 1. The van der Waals surface area contributed by atoms with E-state index in [4.69, 9.17) is 4.42 Å². The molecule has 114 valence electrons. The van der Waals surface area contributed by atoms with Crippen molar-refractivity contribution in [2.24, 2.45) is 0 Å². The molecule has 0 amide bonds. The Balaban J connectivity index is 2.07. The van der Waals surface area contributed by atoms with Crippen molar-refractivity contribution in [3.8, 4) is 0 Å². The van der Waals surface area contributed by atoms with Crippen molar-refractivity contribution in [1.82, 2.24) is 9.62 Å². The second-order valence-corrected chi connectivity index (χ2v) is 8.08. The summed E-state index contributed by atoms with van der Waals surface area (Å²) in [6, 6.07) is 4.04. The van der Waals surface area contributed by atoms with Crippen molar-refractivity contribution >= 4 is 10.0 Å². The van der Waals surface area contributed by atoms with E-state index in [1.807, 2.05) is 19.9 Å². The van der Waals surface area contributed by atoms with Crippen LogP contribution in [0.4, 0.5) is 0 Å². The van der Waals surface area contributed by atoms with E-state index in [0.717, 1.165) is 12.8 Å². The minimum atomic E-state index is -3.30. The molecule has 6 heteroatoms. The fourth-order valence-electron chi connectivity index (χ4n) is 2.08. The lowest BCUT2D eigenvalue weighted by Crippen LogP contribution is -2.43. The van der Waals surface area contributed by atoms with E-state index < -0.39 is 15.3 Å². The van der Waals surface area contributed by atoms with Crippen LogP contribution in [0, 0.1) is 0 Å². The molecule has 1 saturated carbocycles. The van der Waals surface area contributed by atoms with Gasteiger partial charge in [-0.15, -0.1) is 0 Å². The van der Waals surface area contributed by atoms with Crippen LogP contribution >= 0.6 is 0 Å².